The lowest BCUT2D eigenvalue weighted by molar-refractivity contribution is 0.573. The highest BCUT2D eigenvalue weighted by Gasteiger charge is 2.04. The highest BCUT2D eigenvalue weighted by atomic mass is 32.2. The Balaban J connectivity index is 2.48. The van der Waals surface area contributed by atoms with Crippen molar-refractivity contribution in [2.24, 2.45) is 0 Å². The van der Waals surface area contributed by atoms with Crippen LogP contribution < -0.4 is 9.44 Å². The first-order valence-electron chi connectivity index (χ1n) is 5.71. The molecule has 0 aromatic heterocycles. The van der Waals surface area contributed by atoms with E-state index < -0.39 is 10.2 Å². The zero-order valence-electron chi connectivity index (χ0n) is 10.5. The maximum absolute atomic E-state index is 11.1. The first kappa shape index (κ1) is 14.2. The van der Waals surface area contributed by atoms with Crippen molar-refractivity contribution >= 4 is 10.2 Å². The zero-order chi connectivity index (χ0) is 12.9. The van der Waals surface area contributed by atoms with E-state index in [1.165, 1.54) is 12.6 Å². The molecule has 0 unspecified atom stereocenters. The fourth-order valence-electron chi connectivity index (χ4n) is 1.47. The lowest BCUT2D eigenvalue weighted by Crippen LogP contribution is -2.35. The fraction of sp³-hybridized carbons (Fsp3) is 0.500. The third-order valence-electron chi connectivity index (χ3n) is 2.62. The van der Waals surface area contributed by atoms with Gasteiger partial charge in [-0.15, -0.1) is 0 Å². The third-order valence-corrected chi connectivity index (χ3v) is 3.74. The van der Waals surface area contributed by atoms with Crippen LogP contribution in [0.2, 0.25) is 0 Å². The Kier molecular flexibility index (Phi) is 5.11. The minimum Gasteiger partial charge on any atom is -0.205 e. The molecule has 0 bridgehead atoms. The van der Waals surface area contributed by atoms with Crippen LogP contribution in [0.15, 0.2) is 24.3 Å². The van der Waals surface area contributed by atoms with Gasteiger partial charge in [0.1, 0.15) is 0 Å². The Morgan fingerprint density at radius 2 is 1.76 bits per heavy atom. The molecule has 4 nitrogen and oxygen atoms in total. The van der Waals surface area contributed by atoms with Crippen LogP contribution in [-0.2, 0) is 16.6 Å². The van der Waals surface area contributed by atoms with E-state index in [1.807, 2.05) is 12.1 Å². The highest BCUT2D eigenvalue weighted by molar-refractivity contribution is 7.87. The number of hydrogen-bond acceptors (Lipinski definition) is 2. The first-order chi connectivity index (χ1) is 7.94. The van der Waals surface area contributed by atoms with E-state index in [9.17, 15) is 8.42 Å². The summed E-state index contributed by atoms with van der Waals surface area (Å²) >= 11 is 0. The molecule has 0 aliphatic heterocycles. The fourth-order valence-corrected chi connectivity index (χ4v) is 1.99. The Morgan fingerprint density at radius 3 is 2.24 bits per heavy atom. The summed E-state index contributed by atoms with van der Waals surface area (Å²) < 4.78 is 26.9. The van der Waals surface area contributed by atoms with E-state index in [0.29, 0.717) is 18.9 Å². The maximum atomic E-state index is 11.1. The lowest BCUT2D eigenvalue weighted by atomic mass is 10.0. The van der Waals surface area contributed by atoms with Crippen LogP contribution in [0, 0.1) is 0 Å². The summed E-state index contributed by atoms with van der Waals surface area (Å²) in [5, 5.41) is 0. The van der Waals surface area contributed by atoms with Crippen molar-refractivity contribution in [2.75, 3.05) is 13.6 Å². The minimum atomic E-state index is -3.31. The van der Waals surface area contributed by atoms with Crippen LogP contribution in [-0.4, -0.2) is 22.0 Å². The van der Waals surface area contributed by atoms with E-state index in [1.54, 1.807) is 0 Å². The summed E-state index contributed by atoms with van der Waals surface area (Å²) in [5.74, 6) is 0.520. The van der Waals surface area contributed by atoms with Gasteiger partial charge >= 0.3 is 0 Å². The Morgan fingerprint density at radius 1 is 1.18 bits per heavy atom. The van der Waals surface area contributed by atoms with Crippen LogP contribution in [0.5, 0.6) is 0 Å². The molecule has 5 heteroatoms. The summed E-state index contributed by atoms with van der Waals surface area (Å²) in [6.07, 6.45) is 0.694. The van der Waals surface area contributed by atoms with E-state index in [-0.39, 0.29) is 0 Å². The molecule has 17 heavy (non-hydrogen) atoms. The number of hydrogen-bond donors (Lipinski definition) is 2. The van der Waals surface area contributed by atoms with Crippen molar-refractivity contribution in [3.63, 3.8) is 0 Å². The Labute approximate surface area is 104 Å². The predicted molar refractivity (Wildman–Crippen MR) is 70.2 cm³/mol. The Hall–Kier alpha value is -0.910. The molecule has 96 valence electrons. The molecule has 2 N–H and O–H groups in total. The van der Waals surface area contributed by atoms with Gasteiger partial charge in [0.2, 0.25) is 0 Å². The molecule has 0 aliphatic carbocycles. The summed E-state index contributed by atoms with van der Waals surface area (Å²) in [4.78, 5) is 0. The van der Waals surface area contributed by atoms with Gasteiger partial charge in [-0.3, -0.25) is 0 Å². The topological polar surface area (TPSA) is 58.2 Å². The third kappa shape index (κ3) is 4.85. The molecule has 0 aliphatic rings. The second kappa shape index (κ2) is 6.14. The molecule has 0 amide bonds. The highest BCUT2D eigenvalue weighted by Crippen LogP contribution is 2.14. The van der Waals surface area contributed by atoms with E-state index in [4.69, 9.17) is 0 Å². The van der Waals surface area contributed by atoms with E-state index in [2.05, 4.69) is 35.4 Å². The van der Waals surface area contributed by atoms with Gasteiger partial charge in [0, 0.05) is 13.6 Å². The molecule has 1 aromatic carbocycles. The molecule has 1 aromatic rings. The standard InChI is InChI=1S/C12H20N2O2S/c1-10(2)12-6-4-11(5-7-12)8-9-14-17(15,16)13-3/h4-7,10,13-14H,8-9H2,1-3H3. The average Bonchev–Trinajstić information content (AvgIpc) is 2.29. The molecule has 0 saturated carbocycles. The molecule has 0 heterocycles. The van der Waals surface area contributed by atoms with E-state index >= 15 is 0 Å². The van der Waals surface area contributed by atoms with Crippen molar-refractivity contribution in [2.45, 2.75) is 26.2 Å². The summed E-state index contributed by atoms with van der Waals surface area (Å²) in [6.45, 7) is 4.70. The number of rotatable bonds is 6. The van der Waals surface area contributed by atoms with Gasteiger partial charge in [0.15, 0.2) is 0 Å². The number of nitrogens with one attached hydrogen (secondary N) is 2. The second-order valence-electron chi connectivity index (χ2n) is 4.25. The van der Waals surface area contributed by atoms with Crippen molar-refractivity contribution in [3.05, 3.63) is 35.4 Å². The SMILES string of the molecule is CNS(=O)(=O)NCCc1ccc(C(C)C)cc1. The summed E-state index contributed by atoms with van der Waals surface area (Å²) in [5.41, 5.74) is 2.43. The van der Waals surface area contributed by atoms with Crippen LogP contribution in [0.4, 0.5) is 0 Å². The van der Waals surface area contributed by atoms with Gasteiger partial charge in [0.25, 0.3) is 10.2 Å². The first-order valence-corrected chi connectivity index (χ1v) is 7.20. The predicted octanol–water partition coefficient (Wildman–Crippen LogP) is 1.41. The zero-order valence-corrected chi connectivity index (χ0v) is 11.3. The molecule has 0 radical (unpaired) electrons. The second-order valence-corrected chi connectivity index (χ2v) is 5.95. The maximum Gasteiger partial charge on any atom is 0.276 e. The molecule has 1 rings (SSSR count). The molecule has 0 spiro atoms. The lowest BCUT2D eigenvalue weighted by Gasteiger charge is -2.07. The summed E-state index contributed by atoms with van der Waals surface area (Å²) in [7, 11) is -1.92. The smallest absolute Gasteiger partial charge is 0.205 e. The van der Waals surface area contributed by atoms with Crippen molar-refractivity contribution < 1.29 is 8.42 Å². The van der Waals surface area contributed by atoms with Gasteiger partial charge in [-0.1, -0.05) is 38.1 Å². The van der Waals surface area contributed by atoms with Gasteiger partial charge < -0.3 is 0 Å². The molecule has 0 fully saturated rings. The largest absolute Gasteiger partial charge is 0.276 e. The molecular formula is C12H20N2O2S. The quantitative estimate of drug-likeness (QED) is 0.808. The van der Waals surface area contributed by atoms with Crippen LogP contribution >= 0.6 is 0 Å². The van der Waals surface area contributed by atoms with Crippen molar-refractivity contribution in [3.8, 4) is 0 Å². The van der Waals surface area contributed by atoms with Crippen molar-refractivity contribution in [1.29, 1.82) is 0 Å². The Bertz CT molecular complexity index is 438. The van der Waals surface area contributed by atoms with Gasteiger partial charge in [0.05, 0.1) is 0 Å². The molecule has 0 atom stereocenters. The van der Waals surface area contributed by atoms with E-state index in [0.717, 1.165) is 5.56 Å². The van der Waals surface area contributed by atoms with Crippen molar-refractivity contribution in [1.82, 2.24) is 9.44 Å². The summed E-state index contributed by atoms with van der Waals surface area (Å²) in [6, 6.07) is 8.27. The minimum absolute atomic E-state index is 0.407. The van der Waals surface area contributed by atoms with Crippen LogP contribution in [0.1, 0.15) is 30.9 Å². The molecule has 0 saturated heterocycles. The monoisotopic (exact) mass is 256 g/mol. The normalized spacial score (nSPS) is 12.0. The van der Waals surface area contributed by atoms with Crippen LogP contribution in [0.3, 0.4) is 0 Å². The van der Waals surface area contributed by atoms with Gasteiger partial charge in [-0.05, 0) is 23.5 Å². The van der Waals surface area contributed by atoms with Gasteiger partial charge in [-0.25, -0.2) is 9.44 Å². The number of benzene rings is 1. The van der Waals surface area contributed by atoms with Crippen LogP contribution in [0.25, 0.3) is 0 Å². The molecular weight excluding hydrogens is 236 g/mol. The van der Waals surface area contributed by atoms with Gasteiger partial charge in [-0.2, -0.15) is 8.42 Å². The average molecular weight is 256 g/mol.